The highest BCUT2D eigenvalue weighted by atomic mass is 32.2. The number of aliphatic hydroxyl groups excluding tert-OH is 3. The van der Waals surface area contributed by atoms with Gasteiger partial charge in [0.25, 0.3) is 10.1 Å². The fourth-order valence-corrected chi connectivity index (χ4v) is 10.0. The minimum Gasteiger partial charge on any atom is -0.393 e. The number of rotatable bonds is 9. The molecule has 4 fully saturated rings. The predicted octanol–water partition coefficient (Wildman–Crippen LogP) is 3.39. The number of amides is 1. The lowest BCUT2D eigenvalue weighted by atomic mass is 9.43. The molecule has 0 spiro atoms. The van der Waals surface area contributed by atoms with Gasteiger partial charge < -0.3 is 20.6 Å². The lowest BCUT2D eigenvalue weighted by molar-refractivity contribution is -0.207. The zero-order valence-corrected chi connectivity index (χ0v) is 24.5. The van der Waals surface area contributed by atoms with Gasteiger partial charge in [-0.15, -0.1) is 0 Å². The molecule has 4 rings (SSSR count). The summed E-state index contributed by atoms with van der Waals surface area (Å²) >= 11 is 0. The van der Waals surface area contributed by atoms with Crippen LogP contribution < -0.4 is 5.32 Å². The summed E-state index contributed by atoms with van der Waals surface area (Å²) in [6.45, 7) is 8.65. The maximum Gasteiger partial charge on any atom is 0.266 e. The van der Waals surface area contributed by atoms with Crippen LogP contribution in [0.15, 0.2) is 0 Å². The topological polar surface area (TPSA) is 144 Å². The summed E-state index contributed by atoms with van der Waals surface area (Å²) in [6, 6.07) is 0. The molecule has 8 nitrogen and oxygen atoms in total. The normalized spacial score (nSPS) is 44.4. The van der Waals surface area contributed by atoms with Crippen LogP contribution in [-0.2, 0) is 14.9 Å². The molecule has 4 aliphatic carbocycles. The van der Waals surface area contributed by atoms with E-state index in [9.17, 15) is 28.5 Å². The van der Waals surface area contributed by atoms with E-state index in [4.69, 9.17) is 4.55 Å². The van der Waals surface area contributed by atoms with E-state index < -0.39 is 22.0 Å². The fraction of sp³-hybridized carbons (Fsp3) is 0.966. The number of carbonyl (C=O) groups is 1. The molecule has 1 amide bonds. The van der Waals surface area contributed by atoms with Crippen LogP contribution in [0.3, 0.4) is 0 Å². The highest BCUT2D eigenvalue weighted by molar-refractivity contribution is 7.85. The van der Waals surface area contributed by atoms with Crippen molar-refractivity contribution < 1.29 is 33.1 Å². The van der Waals surface area contributed by atoms with Crippen LogP contribution in [0.2, 0.25) is 0 Å². The quantitative estimate of drug-likeness (QED) is 0.273. The van der Waals surface area contributed by atoms with Gasteiger partial charge in [-0.2, -0.15) is 8.42 Å². The zero-order chi connectivity index (χ0) is 28.0. The second-order valence-electron chi connectivity index (χ2n) is 13.9. The van der Waals surface area contributed by atoms with Gasteiger partial charge in [-0.1, -0.05) is 40.5 Å². The number of fused-ring (bicyclic) bond motifs is 5. The summed E-state index contributed by atoms with van der Waals surface area (Å²) in [5, 5.41) is 36.0. The van der Waals surface area contributed by atoms with Gasteiger partial charge in [-0.3, -0.25) is 9.35 Å². The van der Waals surface area contributed by atoms with Crippen LogP contribution in [0, 0.1) is 52.3 Å². The molecule has 220 valence electrons. The van der Waals surface area contributed by atoms with Crippen LogP contribution in [-0.4, -0.2) is 64.8 Å². The first-order valence-corrected chi connectivity index (χ1v) is 16.6. The first-order chi connectivity index (χ1) is 17.7. The van der Waals surface area contributed by atoms with Crippen molar-refractivity contribution in [3.8, 4) is 0 Å². The van der Waals surface area contributed by atoms with Gasteiger partial charge in [0, 0.05) is 12.5 Å². The van der Waals surface area contributed by atoms with E-state index in [-0.39, 0.29) is 47.3 Å². The average Bonchev–Trinajstić information content (AvgIpc) is 3.18. The maximum absolute atomic E-state index is 12.3. The van der Waals surface area contributed by atoms with Crippen molar-refractivity contribution in [3.63, 3.8) is 0 Å². The standard InChI is InChI=1S/C29H51NO7S/c1-17(6-5-7-18(2)27(34)30-12-13-38(35,36)37)21-8-9-22-26-23(16-25(33)29(21,22)4)28(3)11-10-20(31)14-19(28)15-24(26)32/h17-26,31-33H,5-16H2,1-4H3,(H,30,34)(H,35,36,37)/t17-,18+,19+,20-,21-,22+,23+,24-,25+,26+,28+,29-/m1/s1. The Hall–Kier alpha value is -0.740. The molecule has 0 saturated heterocycles. The third-order valence-corrected chi connectivity index (χ3v) is 12.6. The van der Waals surface area contributed by atoms with Gasteiger partial charge in [0.15, 0.2) is 0 Å². The summed E-state index contributed by atoms with van der Waals surface area (Å²) in [7, 11) is -4.09. The number of aliphatic hydroxyl groups is 3. The Morgan fingerprint density at radius 2 is 1.71 bits per heavy atom. The summed E-state index contributed by atoms with van der Waals surface area (Å²) in [5.74, 6) is 0.971. The molecular formula is C29H51NO7S. The lowest BCUT2D eigenvalue weighted by Crippen LogP contribution is -2.62. The molecule has 4 aliphatic rings. The molecule has 9 heteroatoms. The van der Waals surface area contributed by atoms with Crippen molar-refractivity contribution in [1.82, 2.24) is 5.32 Å². The first kappa shape index (κ1) is 30.2. The predicted molar refractivity (Wildman–Crippen MR) is 146 cm³/mol. The van der Waals surface area contributed by atoms with E-state index in [0.29, 0.717) is 36.0 Å². The van der Waals surface area contributed by atoms with Crippen molar-refractivity contribution in [2.45, 2.75) is 110 Å². The summed E-state index contributed by atoms with van der Waals surface area (Å²) in [4.78, 5) is 12.3. The molecule has 38 heavy (non-hydrogen) atoms. The fourth-order valence-electron chi connectivity index (χ4n) is 9.69. The summed E-state index contributed by atoms with van der Waals surface area (Å²) in [5.41, 5.74) is -0.148. The number of carbonyl (C=O) groups excluding carboxylic acids is 1. The highest BCUT2D eigenvalue weighted by Gasteiger charge is 2.65. The van der Waals surface area contributed by atoms with Crippen LogP contribution in [0.4, 0.5) is 0 Å². The molecule has 0 bridgehead atoms. The van der Waals surface area contributed by atoms with Gasteiger partial charge in [0.2, 0.25) is 5.91 Å². The molecule has 0 aromatic carbocycles. The van der Waals surface area contributed by atoms with Crippen LogP contribution in [0.25, 0.3) is 0 Å². The Bertz CT molecular complexity index is 959. The molecule has 0 radical (unpaired) electrons. The Morgan fingerprint density at radius 1 is 1.00 bits per heavy atom. The van der Waals surface area contributed by atoms with Crippen LogP contribution in [0.5, 0.6) is 0 Å². The number of nitrogens with one attached hydrogen (secondary N) is 1. The maximum atomic E-state index is 12.3. The number of hydrogen-bond acceptors (Lipinski definition) is 6. The van der Waals surface area contributed by atoms with Gasteiger partial charge >= 0.3 is 0 Å². The second kappa shape index (κ2) is 11.3. The average molecular weight is 558 g/mol. The first-order valence-electron chi connectivity index (χ1n) is 15.0. The Labute approximate surface area is 229 Å². The Balaban J connectivity index is 1.36. The molecule has 0 unspecified atom stereocenters. The largest absolute Gasteiger partial charge is 0.393 e. The van der Waals surface area contributed by atoms with Gasteiger partial charge in [0.1, 0.15) is 0 Å². The van der Waals surface area contributed by atoms with E-state index in [1.165, 1.54) is 0 Å². The zero-order valence-electron chi connectivity index (χ0n) is 23.7. The molecule has 0 aliphatic heterocycles. The Morgan fingerprint density at radius 3 is 2.39 bits per heavy atom. The van der Waals surface area contributed by atoms with Crippen molar-refractivity contribution in [2.75, 3.05) is 12.3 Å². The van der Waals surface area contributed by atoms with Gasteiger partial charge in [0.05, 0.1) is 24.1 Å². The molecule has 5 N–H and O–H groups in total. The van der Waals surface area contributed by atoms with E-state index in [2.05, 4.69) is 26.1 Å². The molecule has 0 aromatic rings. The number of hydrogen-bond donors (Lipinski definition) is 5. The third-order valence-electron chi connectivity index (χ3n) is 11.9. The molecule has 4 saturated carbocycles. The lowest BCUT2D eigenvalue weighted by Gasteiger charge is -2.63. The molecule has 0 aromatic heterocycles. The van der Waals surface area contributed by atoms with E-state index in [1.807, 2.05) is 6.92 Å². The smallest absolute Gasteiger partial charge is 0.266 e. The van der Waals surface area contributed by atoms with Gasteiger partial charge in [-0.05, 0) is 97.7 Å². The van der Waals surface area contributed by atoms with Crippen LogP contribution in [0.1, 0.15) is 91.9 Å². The van der Waals surface area contributed by atoms with Crippen molar-refractivity contribution in [3.05, 3.63) is 0 Å². The molecular weight excluding hydrogens is 506 g/mol. The summed E-state index contributed by atoms with van der Waals surface area (Å²) < 4.78 is 30.5. The second-order valence-corrected chi connectivity index (χ2v) is 15.5. The monoisotopic (exact) mass is 557 g/mol. The third kappa shape index (κ3) is 5.69. The van der Waals surface area contributed by atoms with Crippen LogP contribution >= 0.6 is 0 Å². The van der Waals surface area contributed by atoms with Gasteiger partial charge in [-0.25, -0.2) is 0 Å². The van der Waals surface area contributed by atoms with E-state index in [0.717, 1.165) is 57.8 Å². The van der Waals surface area contributed by atoms with Crippen molar-refractivity contribution >= 4 is 16.0 Å². The summed E-state index contributed by atoms with van der Waals surface area (Å²) in [6.07, 6.45) is 7.66. The van der Waals surface area contributed by atoms with E-state index in [1.54, 1.807) is 0 Å². The molecule has 0 heterocycles. The minimum absolute atomic E-state index is 0.0766. The van der Waals surface area contributed by atoms with Crippen molar-refractivity contribution in [1.29, 1.82) is 0 Å². The highest BCUT2D eigenvalue weighted by Crippen LogP contribution is 2.68. The molecule has 12 atom stereocenters. The Kier molecular flexibility index (Phi) is 8.96. The SMILES string of the molecule is C[C@H](CCC[C@H](C)C(=O)NCCS(=O)(=O)O)[C@H]1CC[C@H]2[C@@H]3[C@H](O)C[C@@H]4C[C@H](O)CC[C@]4(C)[C@H]3C[C@H](O)[C@]12C. The van der Waals surface area contributed by atoms with Crippen molar-refractivity contribution in [2.24, 2.45) is 52.3 Å². The van der Waals surface area contributed by atoms with E-state index >= 15 is 0 Å². The minimum atomic E-state index is -4.09.